The number of hydrogen-bond donors (Lipinski definition) is 2. The van der Waals surface area contributed by atoms with Crippen LogP contribution in [-0.2, 0) is 28.5 Å². The molecule has 0 unspecified atom stereocenters. The molecule has 1 aliphatic heterocycles. The van der Waals surface area contributed by atoms with Crippen molar-refractivity contribution >= 4 is 23.2 Å². The van der Waals surface area contributed by atoms with Gasteiger partial charge in [-0.25, -0.2) is 0 Å². The summed E-state index contributed by atoms with van der Waals surface area (Å²) in [5.74, 6) is -0.0438. The van der Waals surface area contributed by atoms with Gasteiger partial charge >= 0.3 is 0 Å². The molecule has 2 aromatic carbocycles. The van der Waals surface area contributed by atoms with Crippen LogP contribution in [-0.4, -0.2) is 113 Å². The first-order valence-corrected chi connectivity index (χ1v) is 16.8. The number of nitrogens with one attached hydrogen (secondary N) is 2. The molecule has 2 N–H and O–H groups in total. The van der Waals surface area contributed by atoms with Crippen LogP contribution in [0, 0.1) is 27.7 Å². The van der Waals surface area contributed by atoms with Gasteiger partial charge in [-0.2, -0.15) is 0 Å². The monoisotopic (exact) mass is 640 g/mol. The average molecular weight is 641 g/mol. The predicted molar refractivity (Wildman–Crippen MR) is 184 cm³/mol. The van der Waals surface area contributed by atoms with E-state index in [1.807, 2.05) is 77.9 Å². The maximum atomic E-state index is 13.4. The van der Waals surface area contributed by atoms with E-state index in [9.17, 15) is 9.59 Å². The topological polar surface area (TPSA) is 102 Å². The zero-order chi connectivity index (χ0) is 33.3. The van der Waals surface area contributed by atoms with Crippen LogP contribution >= 0.6 is 0 Å². The van der Waals surface area contributed by atoms with Gasteiger partial charge in [0.25, 0.3) is 0 Å². The first kappa shape index (κ1) is 37.6. The van der Waals surface area contributed by atoms with Gasteiger partial charge in [0.15, 0.2) is 0 Å². The van der Waals surface area contributed by atoms with Crippen molar-refractivity contribution in [1.82, 2.24) is 9.80 Å². The molecule has 0 spiro atoms. The zero-order valence-corrected chi connectivity index (χ0v) is 28.9. The fourth-order valence-corrected chi connectivity index (χ4v) is 5.87. The van der Waals surface area contributed by atoms with Crippen molar-refractivity contribution in [3.05, 3.63) is 58.7 Å². The summed E-state index contributed by atoms with van der Waals surface area (Å²) in [7, 11) is 0. The number of anilines is 2. The minimum Gasteiger partial charge on any atom is -0.378 e. The molecule has 1 heterocycles. The summed E-state index contributed by atoms with van der Waals surface area (Å²) in [6.45, 7) is 18.2. The molecule has 2 aromatic rings. The Morgan fingerprint density at radius 3 is 1.11 bits per heavy atom. The molecule has 1 aliphatic rings. The van der Waals surface area contributed by atoms with Crippen LogP contribution in [0.3, 0.4) is 0 Å². The van der Waals surface area contributed by atoms with Gasteiger partial charge in [0.05, 0.1) is 64.9 Å². The van der Waals surface area contributed by atoms with Gasteiger partial charge in [0, 0.05) is 37.6 Å². The lowest BCUT2D eigenvalue weighted by atomic mass is 10.1. The van der Waals surface area contributed by atoms with E-state index < -0.39 is 0 Å². The molecule has 0 bridgehead atoms. The first-order chi connectivity index (χ1) is 22.3. The highest BCUT2D eigenvalue weighted by Crippen LogP contribution is 2.22. The van der Waals surface area contributed by atoms with E-state index in [4.69, 9.17) is 18.9 Å². The highest BCUT2D eigenvalue weighted by molar-refractivity contribution is 5.96. The molecular formula is C36H56N4O6. The lowest BCUT2D eigenvalue weighted by molar-refractivity contribution is -0.123. The molecular weight excluding hydrogens is 584 g/mol. The Kier molecular flexibility index (Phi) is 16.7. The number of carbonyl (C=O) groups is 2. The van der Waals surface area contributed by atoms with Crippen molar-refractivity contribution in [3.63, 3.8) is 0 Å². The van der Waals surface area contributed by atoms with Crippen LogP contribution < -0.4 is 10.6 Å². The third-order valence-electron chi connectivity index (χ3n) is 8.55. The summed E-state index contributed by atoms with van der Waals surface area (Å²) < 4.78 is 23.7. The summed E-state index contributed by atoms with van der Waals surface area (Å²) in [4.78, 5) is 31.1. The Morgan fingerprint density at radius 2 is 0.848 bits per heavy atom. The second-order valence-electron chi connectivity index (χ2n) is 11.9. The smallest absolute Gasteiger partial charge is 0.241 e. The second-order valence-corrected chi connectivity index (χ2v) is 11.9. The van der Waals surface area contributed by atoms with Gasteiger partial charge in [-0.1, -0.05) is 50.2 Å². The molecule has 10 heteroatoms. The van der Waals surface area contributed by atoms with Gasteiger partial charge in [-0.15, -0.1) is 0 Å². The van der Waals surface area contributed by atoms with Crippen molar-refractivity contribution in [2.45, 2.75) is 66.5 Å². The SMILES string of the molecule is CC[C@H](C(=O)Nc1c(C)cccc1C)N1CCOCCOCCN([C@H](CC)C(=O)Nc2c(C)cccc2C)CCOCCOCC1. The molecule has 46 heavy (non-hydrogen) atoms. The third-order valence-corrected chi connectivity index (χ3v) is 8.55. The zero-order valence-electron chi connectivity index (χ0n) is 28.9. The number of aryl methyl sites for hydroxylation is 4. The average Bonchev–Trinajstić information content (AvgIpc) is 3.02. The number of hydrogen-bond acceptors (Lipinski definition) is 8. The van der Waals surface area contributed by atoms with Crippen LogP contribution in [0.15, 0.2) is 36.4 Å². The van der Waals surface area contributed by atoms with E-state index in [0.717, 1.165) is 33.6 Å². The van der Waals surface area contributed by atoms with Crippen LogP contribution in [0.5, 0.6) is 0 Å². The molecule has 2 amide bonds. The normalized spacial score (nSPS) is 18.6. The Labute approximate surface area is 276 Å². The minimum atomic E-state index is -0.311. The van der Waals surface area contributed by atoms with Crippen LogP contribution in [0.2, 0.25) is 0 Å². The number of nitrogens with zero attached hydrogens (tertiary/aromatic N) is 2. The van der Waals surface area contributed by atoms with Crippen LogP contribution in [0.1, 0.15) is 48.9 Å². The van der Waals surface area contributed by atoms with E-state index >= 15 is 0 Å². The van der Waals surface area contributed by atoms with Crippen molar-refractivity contribution in [3.8, 4) is 0 Å². The van der Waals surface area contributed by atoms with Gasteiger partial charge in [-0.3, -0.25) is 19.4 Å². The lowest BCUT2D eigenvalue weighted by Gasteiger charge is -2.31. The molecule has 0 aromatic heterocycles. The number of ether oxygens (including phenoxy) is 4. The van der Waals surface area contributed by atoms with Crippen molar-refractivity contribution in [2.24, 2.45) is 0 Å². The number of benzene rings is 2. The number of amides is 2. The van der Waals surface area contributed by atoms with E-state index in [0.29, 0.717) is 91.9 Å². The standard InChI is InChI=1S/C36H56N4O6/c1-7-31(35(41)37-33-27(3)11-9-12-28(33)4)39-15-19-43-23-25-45-21-17-40(18-22-46-26-24-44-20-16-39)32(8-2)36(42)38-34-29(5)13-10-14-30(34)6/h9-14,31-32H,7-8,15-26H2,1-6H3,(H,37,41)(H,38,42)/t31-,32-/m1/s1. The molecule has 1 saturated heterocycles. The van der Waals surface area contributed by atoms with Crippen molar-refractivity contribution in [1.29, 1.82) is 0 Å². The Bertz CT molecular complexity index is 1070. The number of rotatable bonds is 8. The quantitative estimate of drug-likeness (QED) is 0.427. The fourth-order valence-electron chi connectivity index (χ4n) is 5.87. The predicted octanol–water partition coefficient (Wildman–Crippen LogP) is 4.74. The molecule has 256 valence electrons. The van der Waals surface area contributed by atoms with Gasteiger partial charge in [0.2, 0.25) is 11.8 Å². The van der Waals surface area contributed by atoms with Crippen molar-refractivity contribution < 1.29 is 28.5 Å². The van der Waals surface area contributed by atoms with E-state index in [1.54, 1.807) is 0 Å². The second kappa shape index (κ2) is 20.4. The number of para-hydroxylation sites is 2. The molecule has 2 atom stereocenters. The molecule has 3 rings (SSSR count). The maximum Gasteiger partial charge on any atom is 0.241 e. The number of carbonyl (C=O) groups excluding carboxylic acids is 2. The summed E-state index contributed by atoms with van der Waals surface area (Å²) >= 11 is 0. The van der Waals surface area contributed by atoms with Crippen LogP contribution in [0.4, 0.5) is 11.4 Å². The Morgan fingerprint density at radius 1 is 0.565 bits per heavy atom. The Balaban J connectivity index is 1.56. The molecule has 0 saturated carbocycles. The van der Waals surface area contributed by atoms with Gasteiger partial charge in [-0.05, 0) is 62.8 Å². The summed E-state index contributed by atoms with van der Waals surface area (Å²) in [5, 5.41) is 6.34. The van der Waals surface area contributed by atoms with Crippen molar-refractivity contribution in [2.75, 3.05) is 89.7 Å². The Hall–Kier alpha value is -2.86. The highest BCUT2D eigenvalue weighted by atomic mass is 16.5. The van der Waals surface area contributed by atoms with Gasteiger partial charge < -0.3 is 29.6 Å². The van der Waals surface area contributed by atoms with Gasteiger partial charge in [0.1, 0.15) is 0 Å². The molecule has 1 fully saturated rings. The highest BCUT2D eigenvalue weighted by Gasteiger charge is 2.26. The minimum absolute atomic E-state index is 0.0219. The van der Waals surface area contributed by atoms with Crippen LogP contribution in [0.25, 0.3) is 0 Å². The summed E-state index contributed by atoms with van der Waals surface area (Å²) in [6.07, 6.45) is 1.33. The van der Waals surface area contributed by atoms with E-state index in [1.165, 1.54) is 0 Å². The van der Waals surface area contributed by atoms with E-state index in [2.05, 4.69) is 20.4 Å². The van der Waals surface area contributed by atoms with E-state index in [-0.39, 0.29) is 23.9 Å². The summed E-state index contributed by atoms with van der Waals surface area (Å²) in [6, 6.07) is 11.4. The summed E-state index contributed by atoms with van der Waals surface area (Å²) in [5.41, 5.74) is 5.93. The molecule has 10 nitrogen and oxygen atoms in total. The fraction of sp³-hybridized carbons (Fsp3) is 0.611. The molecule has 0 aliphatic carbocycles. The largest absolute Gasteiger partial charge is 0.378 e. The third kappa shape index (κ3) is 11.7. The lowest BCUT2D eigenvalue weighted by Crippen LogP contribution is -2.47. The maximum absolute atomic E-state index is 13.4. The first-order valence-electron chi connectivity index (χ1n) is 16.8. The molecule has 0 radical (unpaired) electrons.